The molecule has 0 radical (unpaired) electrons. The predicted octanol–water partition coefficient (Wildman–Crippen LogP) is 7.12. The van der Waals surface area contributed by atoms with Crippen LogP contribution in [0.3, 0.4) is 0 Å². The Morgan fingerprint density at radius 3 is 1.79 bits per heavy atom. The maximum absolute atomic E-state index is 3.24. The quantitative estimate of drug-likeness (QED) is 0.386. The Hall–Kier alpha value is -0.400. The Balaban J connectivity index is 0.00000140. The molecule has 2 aromatic rings. The molecule has 0 bridgehead atoms. The van der Waals surface area contributed by atoms with Gasteiger partial charge in [0.2, 0.25) is 0 Å². The van der Waals surface area contributed by atoms with Crippen molar-refractivity contribution in [3.05, 3.63) is 81.9 Å². The Morgan fingerprint density at radius 1 is 0.786 bits per heavy atom. The van der Waals surface area contributed by atoms with E-state index in [9.17, 15) is 0 Å². The van der Waals surface area contributed by atoms with Crippen molar-refractivity contribution in [1.82, 2.24) is 0 Å². The maximum atomic E-state index is 2.72. The molecule has 0 spiro atoms. The second-order valence-corrected chi connectivity index (χ2v) is 40.2. The molecule has 2 aliphatic rings. The third kappa shape index (κ3) is 3.60. The van der Waals surface area contributed by atoms with E-state index in [2.05, 4.69) is 97.6 Å². The first-order valence-corrected chi connectivity index (χ1v) is 23.5. The number of hydrogen-bond acceptors (Lipinski definition) is 0. The van der Waals surface area contributed by atoms with Gasteiger partial charge in [-0.1, -0.05) is 0 Å². The fourth-order valence-corrected chi connectivity index (χ4v) is 26.4. The second kappa shape index (κ2) is 8.03. The first-order valence-electron chi connectivity index (χ1n) is 9.84. The first-order chi connectivity index (χ1) is 12.2. The molecular formula is C24H32Cl2SiZr. The van der Waals surface area contributed by atoms with Gasteiger partial charge in [0.25, 0.3) is 0 Å². The average Bonchev–Trinajstić information content (AvgIpc) is 3.12. The van der Waals surface area contributed by atoms with Crippen LogP contribution in [0.5, 0.6) is 0 Å². The van der Waals surface area contributed by atoms with E-state index in [0.29, 0.717) is 13.2 Å². The molecule has 0 saturated heterocycles. The van der Waals surface area contributed by atoms with Gasteiger partial charge in [-0.3, -0.25) is 0 Å². The summed E-state index contributed by atoms with van der Waals surface area (Å²) in [7, 11) is 0. The van der Waals surface area contributed by atoms with E-state index in [1.165, 1.54) is 11.1 Å². The number of halogens is 2. The summed E-state index contributed by atoms with van der Waals surface area (Å²) in [5, 5.41) is 0. The molecule has 0 fully saturated rings. The molecule has 0 N–H and O–H groups in total. The summed E-state index contributed by atoms with van der Waals surface area (Å²) in [5.74, 6) is 0.603. The summed E-state index contributed by atoms with van der Waals surface area (Å²) < 4.78 is 6.72. The maximum Gasteiger partial charge on any atom is -0.147 e. The molecule has 28 heavy (non-hydrogen) atoms. The zero-order valence-electron chi connectivity index (χ0n) is 17.5. The molecular weight excluding hydrogens is 478 g/mol. The van der Waals surface area contributed by atoms with Crippen LogP contribution in [0.4, 0.5) is 0 Å². The van der Waals surface area contributed by atoms with Crippen LogP contribution in [0.15, 0.2) is 59.7 Å². The summed E-state index contributed by atoms with van der Waals surface area (Å²) in [6, 6.07) is 18.3. The van der Waals surface area contributed by atoms with Crippen molar-refractivity contribution in [1.29, 1.82) is 0 Å². The van der Waals surface area contributed by atoms with E-state index in [1.54, 1.807) is 22.3 Å². The van der Waals surface area contributed by atoms with E-state index in [1.807, 2.05) is 0 Å². The minimum Gasteiger partial charge on any atom is -0.147 e. The summed E-state index contributed by atoms with van der Waals surface area (Å²) in [4.78, 5) is 0. The van der Waals surface area contributed by atoms with Gasteiger partial charge in [-0.2, -0.15) is 0 Å². The van der Waals surface area contributed by atoms with E-state index in [-0.39, 0.29) is 24.8 Å². The molecule has 0 nitrogen and oxygen atoms in total. The molecule has 4 heteroatoms. The van der Waals surface area contributed by atoms with Crippen LogP contribution in [0.2, 0.25) is 9.26 Å². The topological polar surface area (TPSA) is 0 Å². The van der Waals surface area contributed by atoms with Crippen molar-refractivity contribution in [2.75, 3.05) is 0 Å². The molecule has 150 valence electrons. The molecule has 2 unspecified atom stereocenters. The van der Waals surface area contributed by atoms with Crippen molar-refractivity contribution in [2.24, 2.45) is 5.92 Å². The van der Waals surface area contributed by atoms with Crippen molar-refractivity contribution < 1.29 is 17.4 Å². The number of allylic oxidation sites excluding steroid dienone is 2. The van der Waals surface area contributed by atoms with E-state index >= 15 is 0 Å². The van der Waals surface area contributed by atoms with Crippen LogP contribution in [-0.2, 0) is 17.4 Å². The van der Waals surface area contributed by atoms with Crippen LogP contribution in [-0.4, -0.2) is 6.88 Å². The normalized spacial score (nSPS) is 20.5. The molecule has 2 atom stereocenters. The van der Waals surface area contributed by atoms with E-state index in [0.717, 1.165) is 0 Å². The van der Waals surface area contributed by atoms with E-state index in [4.69, 9.17) is 0 Å². The zero-order chi connectivity index (χ0) is 18.7. The van der Waals surface area contributed by atoms with Gasteiger partial charge in [0, 0.05) is 0 Å². The van der Waals surface area contributed by atoms with Crippen molar-refractivity contribution in [3.8, 4) is 0 Å². The van der Waals surface area contributed by atoms with Gasteiger partial charge in [-0.05, 0) is 0 Å². The second-order valence-electron chi connectivity index (χ2n) is 9.75. The molecule has 0 aliphatic heterocycles. The van der Waals surface area contributed by atoms with Gasteiger partial charge in [-0.15, -0.1) is 24.8 Å². The van der Waals surface area contributed by atoms with Crippen LogP contribution >= 0.6 is 24.8 Å². The number of fused-ring (bicyclic) bond motifs is 2. The molecule has 2 aromatic carbocycles. The largest absolute Gasteiger partial charge is 0.147 e. The van der Waals surface area contributed by atoms with Gasteiger partial charge in [-0.25, -0.2) is 0 Å². The Morgan fingerprint density at radius 2 is 1.25 bits per heavy atom. The third-order valence-electron chi connectivity index (χ3n) is 6.67. The van der Waals surface area contributed by atoms with Gasteiger partial charge in [0.15, 0.2) is 0 Å². The van der Waals surface area contributed by atoms with Gasteiger partial charge >= 0.3 is 162 Å². The predicted molar refractivity (Wildman–Crippen MR) is 130 cm³/mol. The van der Waals surface area contributed by atoms with Gasteiger partial charge < -0.3 is 0 Å². The Labute approximate surface area is 185 Å². The third-order valence-corrected chi connectivity index (χ3v) is 24.3. The number of benzene rings is 2. The average molecular weight is 511 g/mol. The summed E-state index contributed by atoms with van der Waals surface area (Å²) >= 11 is -3.24. The van der Waals surface area contributed by atoms with Crippen molar-refractivity contribution in [2.45, 2.75) is 37.3 Å². The fourth-order valence-electron chi connectivity index (χ4n) is 5.81. The molecule has 4 rings (SSSR count). The smallest absolute Gasteiger partial charge is 0.147 e. The van der Waals surface area contributed by atoms with Crippen LogP contribution in [0.25, 0.3) is 12.2 Å². The standard InChI is InChI=1S/C12H13.C10H9.2CH3.2ClH.H2Si.Zr/c1-9(2)12-7-10-5-3-4-6-11(10)8-12;1-8-6-9-4-2-3-5-10(9)7-8;;;;;;/h3-9H,1-2H3;2-7H,1H3;2*1H3;2*1H;1H2;. The fraction of sp³-hybridized carbons (Fsp3) is 0.333. The molecule has 0 heterocycles. The molecule has 0 aromatic heterocycles. The SMILES string of the molecule is CC1=Cc2ccccc2[CH]1[Zr]([CH3])([CH3])(=[SiH2])[CH]1C(C(C)C)=Cc2ccccc21.Cl.Cl. The van der Waals surface area contributed by atoms with Crippen molar-refractivity contribution in [3.63, 3.8) is 0 Å². The van der Waals surface area contributed by atoms with Crippen LogP contribution in [0, 0.1) is 5.92 Å². The Kier molecular flexibility index (Phi) is 6.84. The zero-order valence-corrected chi connectivity index (χ0v) is 23.0. The minimum atomic E-state index is -3.24. The number of hydrogen-bond donors (Lipinski definition) is 0. The molecule has 0 saturated carbocycles. The van der Waals surface area contributed by atoms with Gasteiger partial charge in [0.1, 0.15) is 0 Å². The van der Waals surface area contributed by atoms with Gasteiger partial charge in [0.05, 0.1) is 0 Å². The molecule has 0 amide bonds. The summed E-state index contributed by atoms with van der Waals surface area (Å²) in [5.41, 5.74) is 9.36. The van der Waals surface area contributed by atoms with Crippen LogP contribution in [0.1, 0.15) is 50.3 Å². The monoisotopic (exact) mass is 508 g/mol. The first kappa shape index (κ1) is 23.9. The van der Waals surface area contributed by atoms with Crippen LogP contribution < -0.4 is 0 Å². The number of rotatable bonds is 3. The molecule has 2 aliphatic carbocycles. The Bertz CT molecular complexity index is 1030. The summed E-state index contributed by atoms with van der Waals surface area (Å²) in [6.45, 7) is 9.56. The minimum absolute atomic E-state index is 0. The van der Waals surface area contributed by atoms with E-state index < -0.39 is 17.4 Å². The van der Waals surface area contributed by atoms with Crippen molar-refractivity contribution >= 4 is 43.8 Å². The summed E-state index contributed by atoms with van der Waals surface area (Å²) in [6.07, 6.45) is 4.97.